The van der Waals surface area contributed by atoms with Gasteiger partial charge >= 0.3 is 0 Å². The largest absolute Gasteiger partial charge is 0.306 e. The molecule has 1 aliphatic carbocycles. The first-order valence-electron chi connectivity index (χ1n) is 4.39. The Kier molecular flexibility index (Phi) is 1.35. The molecule has 1 aliphatic heterocycles. The number of nitrogens with zero attached hydrogens (tertiary/aromatic N) is 1. The van der Waals surface area contributed by atoms with Gasteiger partial charge in [0.2, 0.25) is 0 Å². The number of hydrogen-bond donors (Lipinski definition) is 0. The average molecular weight is 137 g/mol. The second-order valence-corrected chi connectivity index (χ2v) is 4.50. The smallest absolute Gasteiger partial charge is 0.105 e. The summed E-state index contributed by atoms with van der Waals surface area (Å²) in [6, 6.07) is 0. The second-order valence-electron chi connectivity index (χ2n) is 4.50. The van der Waals surface area contributed by atoms with E-state index in [1.54, 1.807) is 0 Å². The van der Waals surface area contributed by atoms with Crippen LogP contribution in [0, 0.1) is 5.41 Å². The van der Waals surface area contributed by atoms with Crippen LogP contribution in [-0.4, -0.2) is 32.9 Å². The van der Waals surface area contributed by atoms with Gasteiger partial charge in [-0.2, -0.15) is 0 Å². The second kappa shape index (κ2) is 2.01. The van der Waals surface area contributed by atoms with E-state index in [0.717, 1.165) is 11.2 Å². The van der Waals surface area contributed by atoms with Crippen molar-refractivity contribution in [1.29, 1.82) is 0 Å². The van der Waals surface area contributed by atoms with Crippen molar-refractivity contribution in [3.8, 4) is 0 Å². The maximum atomic E-state index is 2.48. The molecule has 1 saturated heterocycles. The van der Waals surface area contributed by atoms with Crippen molar-refractivity contribution in [2.75, 3.05) is 20.1 Å². The highest BCUT2D eigenvalue weighted by atomic mass is 15.1. The normalized spacial score (nSPS) is 47.9. The van der Waals surface area contributed by atoms with Gasteiger partial charge in [0.1, 0.15) is 7.85 Å². The zero-order chi connectivity index (χ0) is 7.19. The Morgan fingerprint density at radius 3 is 2.60 bits per heavy atom. The third-order valence-electron chi connectivity index (χ3n) is 3.19. The Balaban J connectivity index is 1.95. The van der Waals surface area contributed by atoms with Crippen LogP contribution in [0.3, 0.4) is 0 Å². The van der Waals surface area contributed by atoms with Crippen LogP contribution in [-0.2, 0) is 0 Å². The van der Waals surface area contributed by atoms with Crippen molar-refractivity contribution < 1.29 is 0 Å². The molecule has 0 radical (unpaired) electrons. The third-order valence-corrected chi connectivity index (χ3v) is 3.19. The molecule has 2 aliphatic rings. The molecule has 1 nitrogen and oxygen atoms in total. The van der Waals surface area contributed by atoms with Crippen molar-refractivity contribution in [2.45, 2.75) is 25.1 Å². The summed E-state index contributed by atoms with van der Waals surface area (Å²) >= 11 is 0. The Labute approximate surface area is 64.2 Å². The summed E-state index contributed by atoms with van der Waals surface area (Å²) in [5, 5.41) is 0. The Morgan fingerprint density at radius 2 is 2.20 bits per heavy atom. The fourth-order valence-corrected chi connectivity index (χ4v) is 2.91. The van der Waals surface area contributed by atoms with Crippen LogP contribution in [0.4, 0.5) is 0 Å². The van der Waals surface area contributed by atoms with E-state index in [2.05, 4.69) is 19.8 Å². The molecule has 0 atom stereocenters. The van der Waals surface area contributed by atoms with Gasteiger partial charge in [-0.05, 0) is 25.4 Å². The fourth-order valence-electron chi connectivity index (χ4n) is 2.91. The van der Waals surface area contributed by atoms with Gasteiger partial charge in [0, 0.05) is 6.54 Å². The van der Waals surface area contributed by atoms with Crippen molar-refractivity contribution in [3.05, 3.63) is 0 Å². The fraction of sp³-hybridized carbons (Fsp3) is 1.00. The van der Waals surface area contributed by atoms with E-state index in [9.17, 15) is 0 Å². The van der Waals surface area contributed by atoms with Gasteiger partial charge in [-0.3, -0.25) is 0 Å². The summed E-state index contributed by atoms with van der Waals surface area (Å²) in [6.07, 6.45) is 4.46. The van der Waals surface area contributed by atoms with Gasteiger partial charge in [-0.15, -0.1) is 0 Å². The minimum Gasteiger partial charge on any atom is -0.306 e. The van der Waals surface area contributed by atoms with Crippen LogP contribution < -0.4 is 0 Å². The molecule has 0 amide bonds. The molecule has 2 fully saturated rings. The average Bonchev–Trinajstić information content (AvgIpc) is 2.10. The van der Waals surface area contributed by atoms with Crippen LogP contribution in [0.2, 0.25) is 5.82 Å². The highest BCUT2D eigenvalue weighted by Gasteiger charge is 2.45. The molecule has 0 aromatic carbocycles. The first-order chi connectivity index (χ1) is 4.70. The first kappa shape index (κ1) is 6.72. The summed E-state index contributed by atoms with van der Waals surface area (Å²) < 4.78 is 0. The summed E-state index contributed by atoms with van der Waals surface area (Å²) in [4.78, 5) is 2.48. The predicted octanol–water partition coefficient (Wildman–Crippen LogP) is 0.524. The molecule has 2 rings (SSSR count). The van der Waals surface area contributed by atoms with E-state index in [4.69, 9.17) is 0 Å². The molecule has 0 N–H and O–H groups in total. The van der Waals surface area contributed by atoms with E-state index in [1.807, 2.05) is 0 Å². The van der Waals surface area contributed by atoms with E-state index < -0.39 is 0 Å². The van der Waals surface area contributed by atoms with Crippen LogP contribution in [0.15, 0.2) is 0 Å². The van der Waals surface area contributed by atoms with E-state index >= 15 is 0 Å². The van der Waals surface area contributed by atoms with Gasteiger partial charge in [0.15, 0.2) is 0 Å². The van der Waals surface area contributed by atoms with Crippen LogP contribution >= 0.6 is 0 Å². The molecule has 10 heavy (non-hydrogen) atoms. The molecule has 1 saturated carbocycles. The zero-order valence-electron chi connectivity index (χ0n) is 7.06. The summed E-state index contributed by atoms with van der Waals surface area (Å²) in [5.74, 6) is 1.02. The maximum Gasteiger partial charge on any atom is 0.105 e. The summed E-state index contributed by atoms with van der Waals surface area (Å²) in [5.41, 5.74) is 0.786. The lowest BCUT2D eigenvalue weighted by atomic mass is 9.54. The molecule has 0 bridgehead atoms. The third kappa shape index (κ3) is 0.896. The zero-order valence-corrected chi connectivity index (χ0v) is 7.06. The van der Waals surface area contributed by atoms with Gasteiger partial charge < -0.3 is 4.90 Å². The number of likely N-dealkylation sites (tertiary alicyclic amines) is 1. The van der Waals surface area contributed by atoms with Crippen molar-refractivity contribution in [1.82, 2.24) is 4.90 Å². The lowest BCUT2D eigenvalue weighted by molar-refractivity contribution is 0.147. The van der Waals surface area contributed by atoms with E-state index in [1.165, 1.54) is 32.4 Å². The minimum absolute atomic E-state index is 0.786. The molecular formula is C8H16BN. The molecule has 0 aromatic heterocycles. The number of hydrogen-bond acceptors (Lipinski definition) is 1. The SMILES string of the molecule is BC1CC2(CCN(C)C2)C1. The van der Waals surface area contributed by atoms with Gasteiger partial charge in [-0.1, -0.05) is 18.7 Å². The van der Waals surface area contributed by atoms with Crippen LogP contribution in [0.25, 0.3) is 0 Å². The molecule has 2 heteroatoms. The summed E-state index contributed by atoms with van der Waals surface area (Å²) in [6.45, 7) is 2.71. The van der Waals surface area contributed by atoms with Crippen molar-refractivity contribution >= 4 is 7.85 Å². The summed E-state index contributed by atoms with van der Waals surface area (Å²) in [7, 11) is 4.63. The minimum atomic E-state index is 0.786. The van der Waals surface area contributed by atoms with E-state index in [0.29, 0.717) is 0 Å². The van der Waals surface area contributed by atoms with E-state index in [-0.39, 0.29) is 0 Å². The monoisotopic (exact) mass is 137 g/mol. The van der Waals surface area contributed by atoms with Gasteiger partial charge in [0.25, 0.3) is 0 Å². The standard InChI is InChI=1S/C8H16BN/c1-10-3-2-8(6-10)4-7(9)5-8/h7H,2-6,9H2,1H3. The van der Waals surface area contributed by atoms with Crippen LogP contribution in [0.5, 0.6) is 0 Å². The quantitative estimate of drug-likeness (QED) is 0.440. The Hall–Kier alpha value is 0.0249. The molecule has 1 heterocycles. The molecule has 56 valence electrons. The maximum absolute atomic E-state index is 2.48. The van der Waals surface area contributed by atoms with Crippen LogP contribution in [0.1, 0.15) is 19.3 Å². The highest BCUT2D eigenvalue weighted by Crippen LogP contribution is 2.52. The molecular weight excluding hydrogens is 121 g/mol. The lowest BCUT2D eigenvalue weighted by Crippen LogP contribution is -2.36. The lowest BCUT2D eigenvalue weighted by Gasteiger charge is -2.43. The Bertz CT molecular complexity index is 135. The van der Waals surface area contributed by atoms with Crippen molar-refractivity contribution in [3.63, 3.8) is 0 Å². The highest BCUT2D eigenvalue weighted by molar-refractivity contribution is 6.12. The van der Waals surface area contributed by atoms with Gasteiger partial charge in [-0.25, -0.2) is 0 Å². The number of rotatable bonds is 0. The molecule has 1 spiro atoms. The Morgan fingerprint density at radius 1 is 1.50 bits per heavy atom. The topological polar surface area (TPSA) is 3.24 Å². The molecule has 0 aromatic rings. The predicted molar refractivity (Wildman–Crippen MR) is 46.1 cm³/mol. The van der Waals surface area contributed by atoms with Gasteiger partial charge in [0.05, 0.1) is 0 Å². The first-order valence-corrected chi connectivity index (χ1v) is 4.39. The van der Waals surface area contributed by atoms with Crippen molar-refractivity contribution in [2.24, 2.45) is 5.41 Å². The molecule has 0 unspecified atom stereocenters.